The molecule has 1 aromatic rings. The lowest BCUT2D eigenvalue weighted by molar-refractivity contribution is -0.120. The summed E-state index contributed by atoms with van der Waals surface area (Å²) in [7, 11) is 0.558. The van der Waals surface area contributed by atoms with Crippen LogP contribution in [0.15, 0.2) is 29.2 Å². The molecule has 0 N–H and O–H groups in total. The van der Waals surface area contributed by atoms with Gasteiger partial charge in [0.2, 0.25) is 0 Å². The Morgan fingerprint density at radius 1 is 1.44 bits per heavy atom. The number of hydrogen-bond donors (Lipinski definition) is 0. The predicted molar refractivity (Wildman–Crippen MR) is 71.2 cm³/mol. The molecule has 2 rings (SSSR count). The molecule has 2 atom stereocenters. The molecule has 0 spiro atoms. The number of rotatable bonds is 5. The second-order valence-corrected chi connectivity index (χ2v) is 6.14. The van der Waals surface area contributed by atoms with E-state index in [9.17, 15) is 9.00 Å². The van der Waals surface area contributed by atoms with E-state index in [-0.39, 0.29) is 5.92 Å². The van der Waals surface area contributed by atoms with Crippen molar-refractivity contribution in [2.75, 3.05) is 12.9 Å². The molecule has 1 fully saturated rings. The Labute approximate surface area is 110 Å². The van der Waals surface area contributed by atoms with Crippen LogP contribution >= 0.6 is 0 Å². The second-order valence-electron chi connectivity index (χ2n) is 4.57. The highest BCUT2D eigenvalue weighted by molar-refractivity contribution is 7.85. The molecule has 4 heteroatoms. The first-order chi connectivity index (χ1) is 8.70. The van der Waals surface area contributed by atoms with E-state index in [1.54, 1.807) is 13.2 Å². The van der Waals surface area contributed by atoms with Crippen LogP contribution in [-0.4, -0.2) is 22.9 Å². The Hall–Kier alpha value is -1.16. The van der Waals surface area contributed by atoms with Gasteiger partial charge < -0.3 is 4.74 Å². The summed E-state index contributed by atoms with van der Waals surface area (Å²) in [6, 6.07) is 7.32. The summed E-state index contributed by atoms with van der Waals surface area (Å²) >= 11 is 0. The van der Waals surface area contributed by atoms with Crippen molar-refractivity contribution in [2.45, 2.75) is 30.6 Å². The topological polar surface area (TPSA) is 43.4 Å². The smallest absolute Gasteiger partial charge is 0.136 e. The van der Waals surface area contributed by atoms with E-state index >= 15 is 0 Å². The minimum Gasteiger partial charge on any atom is -0.497 e. The number of carbonyl (C=O) groups excluding carboxylic acids is 1. The molecule has 1 aromatic carbocycles. The molecule has 1 aliphatic carbocycles. The van der Waals surface area contributed by atoms with Crippen molar-refractivity contribution in [3.05, 3.63) is 24.3 Å². The highest BCUT2D eigenvalue weighted by atomic mass is 32.2. The zero-order valence-corrected chi connectivity index (χ0v) is 11.4. The highest BCUT2D eigenvalue weighted by Crippen LogP contribution is 2.25. The molecule has 0 aliphatic heterocycles. The first-order valence-electron chi connectivity index (χ1n) is 6.26. The molecular formula is C14H18O3S. The Morgan fingerprint density at radius 2 is 2.28 bits per heavy atom. The maximum absolute atomic E-state index is 12.1. The summed E-state index contributed by atoms with van der Waals surface area (Å²) in [5, 5.41) is 0. The zero-order valence-electron chi connectivity index (χ0n) is 10.6. The Morgan fingerprint density at radius 3 is 2.94 bits per heavy atom. The van der Waals surface area contributed by atoms with E-state index in [0.717, 1.165) is 29.9 Å². The summed E-state index contributed by atoms with van der Waals surface area (Å²) in [4.78, 5) is 12.3. The lowest BCUT2D eigenvalue weighted by Crippen LogP contribution is -2.10. The molecular weight excluding hydrogens is 248 g/mol. The van der Waals surface area contributed by atoms with Crippen LogP contribution in [0.4, 0.5) is 0 Å². The minimum atomic E-state index is -1.04. The molecule has 1 aliphatic rings. The van der Waals surface area contributed by atoms with Gasteiger partial charge in [-0.25, -0.2) is 0 Å². The first-order valence-corrected chi connectivity index (χ1v) is 7.57. The van der Waals surface area contributed by atoms with E-state index < -0.39 is 10.8 Å². The molecule has 0 bridgehead atoms. The fourth-order valence-corrected chi connectivity index (χ4v) is 3.52. The molecule has 0 radical (unpaired) electrons. The number of methoxy groups -OCH3 is 1. The fraction of sp³-hybridized carbons (Fsp3) is 0.500. The maximum Gasteiger partial charge on any atom is 0.136 e. The number of carbonyl (C=O) groups is 1. The van der Waals surface area contributed by atoms with Gasteiger partial charge in [0, 0.05) is 23.0 Å². The van der Waals surface area contributed by atoms with Crippen molar-refractivity contribution in [1.29, 1.82) is 0 Å². The average Bonchev–Trinajstić information content (AvgIpc) is 2.81. The third-order valence-corrected chi connectivity index (χ3v) is 4.77. The van der Waals surface area contributed by atoms with Crippen LogP contribution in [0.3, 0.4) is 0 Å². The summed E-state index contributed by atoms with van der Waals surface area (Å²) in [6.45, 7) is 0. The summed E-state index contributed by atoms with van der Waals surface area (Å²) in [5.74, 6) is 1.76. The standard InChI is InChI=1S/C14H18O3S/c1-17-12-5-3-6-13(10-12)18(16)9-8-11-4-2-7-14(11)15/h3,5-6,10-11H,2,4,7-9H2,1H3. The normalized spacial score (nSPS) is 20.9. The van der Waals surface area contributed by atoms with Crippen LogP contribution in [0.5, 0.6) is 5.75 Å². The van der Waals surface area contributed by atoms with Gasteiger partial charge in [0.1, 0.15) is 11.5 Å². The van der Waals surface area contributed by atoms with Crippen molar-refractivity contribution in [3.63, 3.8) is 0 Å². The molecule has 0 heterocycles. The second kappa shape index (κ2) is 6.14. The van der Waals surface area contributed by atoms with Crippen molar-refractivity contribution >= 4 is 16.6 Å². The molecule has 98 valence electrons. The Kier molecular flexibility index (Phi) is 4.53. The van der Waals surface area contributed by atoms with Crippen LogP contribution < -0.4 is 4.74 Å². The number of Topliss-reactive ketones (excluding diaryl/α,β-unsaturated/α-hetero) is 1. The van der Waals surface area contributed by atoms with Crippen LogP contribution in [0.2, 0.25) is 0 Å². The maximum atomic E-state index is 12.1. The summed E-state index contributed by atoms with van der Waals surface area (Å²) in [5.41, 5.74) is 0. The summed E-state index contributed by atoms with van der Waals surface area (Å²) in [6.07, 6.45) is 3.41. The largest absolute Gasteiger partial charge is 0.497 e. The third kappa shape index (κ3) is 3.19. The van der Waals surface area contributed by atoms with Gasteiger partial charge in [-0.3, -0.25) is 9.00 Å². The van der Waals surface area contributed by atoms with E-state index in [1.807, 2.05) is 18.2 Å². The van der Waals surface area contributed by atoms with Gasteiger partial charge in [-0.15, -0.1) is 0 Å². The van der Waals surface area contributed by atoms with E-state index in [0.29, 0.717) is 18.0 Å². The van der Waals surface area contributed by atoms with Crippen LogP contribution in [-0.2, 0) is 15.6 Å². The summed E-state index contributed by atoms with van der Waals surface area (Å²) < 4.78 is 17.2. The molecule has 18 heavy (non-hydrogen) atoms. The zero-order chi connectivity index (χ0) is 13.0. The lowest BCUT2D eigenvalue weighted by atomic mass is 10.1. The van der Waals surface area contributed by atoms with Gasteiger partial charge in [-0.1, -0.05) is 6.07 Å². The molecule has 2 unspecified atom stereocenters. The third-order valence-electron chi connectivity index (χ3n) is 3.39. The van der Waals surface area contributed by atoms with E-state index in [2.05, 4.69) is 0 Å². The predicted octanol–water partition coefficient (Wildman–Crippen LogP) is 2.56. The molecule has 0 saturated heterocycles. The van der Waals surface area contributed by atoms with Crippen LogP contribution in [0, 0.1) is 5.92 Å². The van der Waals surface area contributed by atoms with Crippen molar-refractivity contribution in [3.8, 4) is 5.75 Å². The van der Waals surface area contributed by atoms with E-state index in [1.165, 1.54) is 0 Å². The van der Waals surface area contributed by atoms with Crippen molar-refractivity contribution < 1.29 is 13.7 Å². The Bertz CT molecular complexity index is 456. The lowest BCUT2D eigenvalue weighted by Gasteiger charge is -2.08. The molecule has 0 amide bonds. The van der Waals surface area contributed by atoms with Crippen LogP contribution in [0.1, 0.15) is 25.7 Å². The van der Waals surface area contributed by atoms with Gasteiger partial charge >= 0.3 is 0 Å². The van der Waals surface area contributed by atoms with E-state index in [4.69, 9.17) is 4.74 Å². The van der Waals surface area contributed by atoms with Crippen LogP contribution in [0.25, 0.3) is 0 Å². The van der Waals surface area contributed by atoms with Gasteiger partial charge in [0.25, 0.3) is 0 Å². The van der Waals surface area contributed by atoms with Gasteiger partial charge in [-0.2, -0.15) is 0 Å². The number of ketones is 1. The average molecular weight is 266 g/mol. The molecule has 3 nitrogen and oxygen atoms in total. The van der Waals surface area contributed by atoms with Crippen molar-refractivity contribution in [1.82, 2.24) is 0 Å². The first kappa shape index (κ1) is 13.3. The Balaban J connectivity index is 1.92. The van der Waals surface area contributed by atoms with Gasteiger partial charge in [0.15, 0.2) is 0 Å². The fourth-order valence-electron chi connectivity index (χ4n) is 2.30. The minimum absolute atomic E-state index is 0.138. The van der Waals surface area contributed by atoms with Gasteiger partial charge in [-0.05, 0) is 37.5 Å². The van der Waals surface area contributed by atoms with Gasteiger partial charge in [0.05, 0.1) is 17.9 Å². The number of ether oxygens (including phenoxy) is 1. The quantitative estimate of drug-likeness (QED) is 0.822. The number of hydrogen-bond acceptors (Lipinski definition) is 3. The number of benzene rings is 1. The highest BCUT2D eigenvalue weighted by Gasteiger charge is 2.24. The monoisotopic (exact) mass is 266 g/mol. The SMILES string of the molecule is COc1cccc(S(=O)CCC2CCCC2=O)c1. The molecule has 0 aromatic heterocycles. The molecule has 1 saturated carbocycles. The van der Waals surface area contributed by atoms with Crippen molar-refractivity contribution in [2.24, 2.45) is 5.92 Å².